The van der Waals surface area contributed by atoms with Crippen molar-refractivity contribution in [2.45, 2.75) is 38.7 Å². The number of nitrogens with one attached hydrogen (secondary N) is 2. The molecule has 1 aromatic rings. The molecule has 0 spiro atoms. The van der Waals surface area contributed by atoms with Crippen LogP contribution in [-0.2, 0) is 0 Å². The molecule has 2 amide bonds. The van der Waals surface area contributed by atoms with Gasteiger partial charge < -0.3 is 20.6 Å². The van der Waals surface area contributed by atoms with Gasteiger partial charge >= 0.3 is 6.03 Å². The van der Waals surface area contributed by atoms with E-state index in [1.807, 2.05) is 19.9 Å². The van der Waals surface area contributed by atoms with Crippen LogP contribution in [0.15, 0.2) is 18.5 Å². The van der Waals surface area contributed by atoms with Crippen molar-refractivity contribution >= 4 is 12.0 Å². The summed E-state index contributed by atoms with van der Waals surface area (Å²) in [5.74, 6) is 0.796. The Kier molecular flexibility index (Phi) is 8.06. The van der Waals surface area contributed by atoms with E-state index in [0.29, 0.717) is 19.4 Å². The number of aromatic nitrogens is 2. The first-order valence-electron chi connectivity index (χ1n) is 9.54. The summed E-state index contributed by atoms with van der Waals surface area (Å²) in [4.78, 5) is 25.0. The smallest absolute Gasteiger partial charge is 0.314 e. The standard InChI is InChI=1S/C18H32N6O2/c1-3-18(26,4-2)15-22-17(25)21-9-6-10-23-11-13-24(14-12-23)16-19-7-5-8-20-16/h5,7-8,26H,3-4,6,9-15H2,1-2H3,(H2,21,22,25). The Bertz CT molecular complexity index is 530. The highest BCUT2D eigenvalue weighted by atomic mass is 16.3. The van der Waals surface area contributed by atoms with Gasteiger partial charge in [0.2, 0.25) is 5.95 Å². The molecule has 0 saturated carbocycles. The minimum atomic E-state index is -0.806. The number of aliphatic hydroxyl groups is 1. The van der Waals surface area contributed by atoms with Gasteiger partial charge in [0.05, 0.1) is 5.60 Å². The molecule has 1 aromatic heterocycles. The molecule has 1 aliphatic heterocycles. The molecule has 0 radical (unpaired) electrons. The molecule has 0 bridgehead atoms. The number of carbonyl (C=O) groups is 1. The largest absolute Gasteiger partial charge is 0.388 e. The van der Waals surface area contributed by atoms with Crippen molar-refractivity contribution in [2.24, 2.45) is 0 Å². The Balaban J connectivity index is 1.56. The summed E-state index contributed by atoms with van der Waals surface area (Å²) in [5, 5.41) is 15.8. The number of carbonyl (C=O) groups excluding carboxylic acids is 1. The van der Waals surface area contributed by atoms with Crippen LogP contribution in [0.1, 0.15) is 33.1 Å². The fraction of sp³-hybridized carbons (Fsp3) is 0.722. The summed E-state index contributed by atoms with van der Waals surface area (Å²) in [6.45, 7) is 9.51. The maximum Gasteiger partial charge on any atom is 0.314 e. The third-order valence-corrected chi connectivity index (χ3v) is 5.04. The molecule has 0 aliphatic carbocycles. The normalized spacial score (nSPS) is 15.7. The number of urea groups is 1. The summed E-state index contributed by atoms with van der Waals surface area (Å²) in [7, 11) is 0. The predicted molar refractivity (Wildman–Crippen MR) is 102 cm³/mol. The molecule has 0 aromatic carbocycles. The lowest BCUT2D eigenvalue weighted by atomic mass is 9.98. The van der Waals surface area contributed by atoms with Crippen molar-refractivity contribution in [1.29, 1.82) is 0 Å². The second kappa shape index (κ2) is 10.3. The van der Waals surface area contributed by atoms with Crippen LogP contribution in [0.4, 0.5) is 10.7 Å². The van der Waals surface area contributed by atoms with Gasteiger partial charge in [-0.1, -0.05) is 13.8 Å². The van der Waals surface area contributed by atoms with Crippen molar-refractivity contribution in [1.82, 2.24) is 25.5 Å². The van der Waals surface area contributed by atoms with E-state index >= 15 is 0 Å². The lowest BCUT2D eigenvalue weighted by molar-refractivity contribution is 0.0349. The van der Waals surface area contributed by atoms with E-state index in [1.54, 1.807) is 12.4 Å². The molecule has 2 heterocycles. The zero-order valence-electron chi connectivity index (χ0n) is 15.9. The summed E-state index contributed by atoms with van der Waals surface area (Å²) >= 11 is 0. The fourth-order valence-electron chi connectivity index (χ4n) is 2.94. The average molecular weight is 364 g/mol. The van der Waals surface area contributed by atoms with Crippen molar-refractivity contribution in [3.8, 4) is 0 Å². The van der Waals surface area contributed by atoms with E-state index in [4.69, 9.17) is 0 Å². The molecule has 146 valence electrons. The molecule has 8 heteroatoms. The molecule has 8 nitrogen and oxygen atoms in total. The number of rotatable bonds is 9. The second-order valence-electron chi connectivity index (χ2n) is 6.77. The summed E-state index contributed by atoms with van der Waals surface area (Å²) in [5.41, 5.74) is -0.806. The Morgan fingerprint density at radius 2 is 1.81 bits per heavy atom. The number of piperazine rings is 1. The van der Waals surface area contributed by atoms with Crippen LogP contribution in [0.2, 0.25) is 0 Å². The van der Waals surface area contributed by atoms with Gasteiger partial charge in [-0.25, -0.2) is 14.8 Å². The maximum atomic E-state index is 11.8. The first-order chi connectivity index (χ1) is 12.6. The molecular weight excluding hydrogens is 332 g/mol. The van der Waals surface area contributed by atoms with E-state index in [-0.39, 0.29) is 12.6 Å². The van der Waals surface area contributed by atoms with Gasteiger partial charge in [-0.3, -0.25) is 4.90 Å². The minimum Gasteiger partial charge on any atom is -0.388 e. The molecule has 0 atom stereocenters. The number of nitrogens with zero attached hydrogens (tertiary/aromatic N) is 4. The van der Waals surface area contributed by atoms with Crippen LogP contribution < -0.4 is 15.5 Å². The molecule has 26 heavy (non-hydrogen) atoms. The molecule has 1 aliphatic rings. The van der Waals surface area contributed by atoms with Crippen molar-refractivity contribution in [2.75, 3.05) is 50.7 Å². The zero-order valence-corrected chi connectivity index (χ0v) is 15.9. The zero-order chi connectivity index (χ0) is 18.8. The molecule has 0 unspecified atom stereocenters. The topological polar surface area (TPSA) is 93.6 Å². The van der Waals surface area contributed by atoms with E-state index in [9.17, 15) is 9.90 Å². The highest BCUT2D eigenvalue weighted by Crippen LogP contribution is 2.12. The Morgan fingerprint density at radius 1 is 1.15 bits per heavy atom. The van der Waals surface area contributed by atoms with Crippen LogP contribution in [0.25, 0.3) is 0 Å². The lowest BCUT2D eigenvalue weighted by Gasteiger charge is -2.34. The number of hydrogen-bond donors (Lipinski definition) is 3. The third-order valence-electron chi connectivity index (χ3n) is 5.04. The van der Waals surface area contributed by atoms with Gasteiger partial charge in [0.25, 0.3) is 0 Å². The van der Waals surface area contributed by atoms with Crippen LogP contribution in [0.3, 0.4) is 0 Å². The van der Waals surface area contributed by atoms with Gasteiger partial charge in [0.1, 0.15) is 0 Å². The Labute approximate surface area is 156 Å². The van der Waals surface area contributed by atoms with Crippen LogP contribution in [0.5, 0.6) is 0 Å². The van der Waals surface area contributed by atoms with Gasteiger partial charge in [-0.05, 0) is 31.9 Å². The predicted octanol–water partition coefficient (Wildman–Crippen LogP) is 0.839. The second-order valence-corrected chi connectivity index (χ2v) is 6.77. The fourth-order valence-corrected chi connectivity index (χ4v) is 2.94. The number of anilines is 1. The van der Waals surface area contributed by atoms with Gasteiger partial charge in [-0.15, -0.1) is 0 Å². The van der Waals surface area contributed by atoms with Crippen LogP contribution >= 0.6 is 0 Å². The summed E-state index contributed by atoms with van der Waals surface area (Å²) in [6, 6.07) is 1.62. The first-order valence-corrected chi connectivity index (χ1v) is 9.54. The highest BCUT2D eigenvalue weighted by molar-refractivity contribution is 5.73. The lowest BCUT2D eigenvalue weighted by Crippen LogP contribution is -2.48. The Hall–Kier alpha value is -1.93. The quantitative estimate of drug-likeness (QED) is 0.562. The van der Waals surface area contributed by atoms with Crippen molar-refractivity contribution < 1.29 is 9.90 Å². The Morgan fingerprint density at radius 3 is 2.42 bits per heavy atom. The molecule has 1 fully saturated rings. The highest BCUT2D eigenvalue weighted by Gasteiger charge is 2.22. The van der Waals surface area contributed by atoms with Crippen LogP contribution in [-0.4, -0.2) is 77.4 Å². The van der Waals surface area contributed by atoms with Crippen molar-refractivity contribution in [3.63, 3.8) is 0 Å². The molecular formula is C18H32N6O2. The third kappa shape index (κ3) is 6.42. The maximum absolute atomic E-state index is 11.8. The molecule has 1 saturated heterocycles. The van der Waals surface area contributed by atoms with Crippen molar-refractivity contribution in [3.05, 3.63) is 18.5 Å². The minimum absolute atomic E-state index is 0.212. The first kappa shape index (κ1) is 20.4. The SMILES string of the molecule is CCC(O)(CC)CNC(=O)NCCCN1CCN(c2ncccn2)CC1. The van der Waals surface area contributed by atoms with E-state index in [1.165, 1.54) is 0 Å². The van der Waals surface area contributed by atoms with E-state index in [0.717, 1.165) is 45.1 Å². The number of amides is 2. The average Bonchev–Trinajstić information content (AvgIpc) is 2.70. The van der Waals surface area contributed by atoms with Gasteiger partial charge in [0.15, 0.2) is 0 Å². The van der Waals surface area contributed by atoms with E-state index < -0.39 is 5.60 Å². The molecule has 2 rings (SSSR count). The number of hydrogen-bond acceptors (Lipinski definition) is 6. The summed E-state index contributed by atoms with van der Waals surface area (Å²) in [6.07, 6.45) is 5.70. The van der Waals surface area contributed by atoms with Gasteiger partial charge in [0, 0.05) is 51.7 Å². The van der Waals surface area contributed by atoms with E-state index in [2.05, 4.69) is 30.4 Å². The van der Waals surface area contributed by atoms with Crippen LogP contribution in [0, 0.1) is 0 Å². The summed E-state index contributed by atoms with van der Waals surface area (Å²) < 4.78 is 0. The monoisotopic (exact) mass is 364 g/mol. The van der Waals surface area contributed by atoms with Gasteiger partial charge in [-0.2, -0.15) is 0 Å². The molecule has 3 N–H and O–H groups in total.